The van der Waals surface area contributed by atoms with Gasteiger partial charge in [-0.1, -0.05) is 35.3 Å². The van der Waals surface area contributed by atoms with Crippen LogP contribution in [0.1, 0.15) is 17.5 Å². The molecule has 1 saturated heterocycles. The average Bonchev–Trinajstić information content (AvgIpc) is 3.13. The first-order valence-electron chi connectivity index (χ1n) is 8.55. The molecule has 0 bridgehead atoms. The molecule has 0 radical (unpaired) electrons. The molecule has 0 unspecified atom stereocenters. The highest BCUT2D eigenvalue weighted by atomic mass is 35.5. The lowest BCUT2D eigenvalue weighted by Gasteiger charge is -2.32. The van der Waals surface area contributed by atoms with Crippen LogP contribution in [-0.2, 0) is 16.6 Å². The van der Waals surface area contributed by atoms with E-state index in [1.165, 1.54) is 16.6 Å². The molecule has 5 nitrogen and oxygen atoms in total. The van der Waals surface area contributed by atoms with Crippen molar-refractivity contribution < 1.29 is 12.8 Å². The zero-order valence-electron chi connectivity index (χ0n) is 15.1. The molecule has 2 aromatic rings. The van der Waals surface area contributed by atoms with Crippen LogP contribution < -0.4 is 4.90 Å². The summed E-state index contributed by atoms with van der Waals surface area (Å²) >= 11 is 12.1. The van der Waals surface area contributed by atoms with Gasteiger partial charge in [0.1, 0.15) is 11.9 Å². The molecule has 0 spiro atoms. The van der Waals surface area contributed by atoms with Crippen molar-refractivity contribution in [2.75, 3.05) is 24.2 Å². The van der Waals surface area contributed by atoms with Gasteiger partial charge in [-0.05, 0) is 30.7 Å². The molecule has 0 N–H and O–H groups in total. The summed E-state index contributed by atoms with van der Waals surface area (Å²) in [6.45, 7) is 0.873. The Morgan fingerprint density at radius 2 is 2.04 bits per heavy atom. The van der Waals surface area contributed by atoms with Gasteiger partial charge in [-0.25, -0.2) is 17.1 Å². The second-order valence-corrected chi connectivity index (χ2v) is 9.48. The largest absolute Gasteiger partial charge is 0.363 e. The Morgan fingerprint density at radius 1 is 1.29 bits per heavy atom. The molecule has 9 heteroatoms. The number of hydrogen-bond acceptors (Lipinski definition) is 4. The van der Waals surface area contributed by atoms with E-state index in [1.54, 1.807) is 30.3 Å². The van der Waals surface area contributed by atoms with Crippen LogP contribution in [0.4, 0.5) is 10.1 Å². The first-order chi connectivity index (χ1) is 13.2. The molecule has 3 rings (SSSR count). The van der Waals surface area contributed by atoms with Crippen LogP contribution in [0.25, 0.3) is 0 Å². The second kappa shape index (κ2) is 8.26. The third kappa shape index (κ3) is 4.41. The maximum atomic E-state index is 14.5. The van der Waals surface area contributed by atoms with E-state index >= 15 is 0 Å². The molecule has 0 aromatic heterocycles. The fraction of sp³-hybridized carbons (Fsp3) is 0.316. The molecule has 148 valence electrons. The van der Waals surface area contributed by atoms with E-state index in [0.29, 0.717) is 36.3 Å². The summed E-state index contributed by atoms with van der Waals surface area (Å²) < 4.78 is 39.7. The van der Waals surface area contributed by atoms with Crippen molar-refractivity contribution in [3.05, 3.63) is 63.4 Å². The SMILES string of the molecule is CS(=O)(=O)N1CC[C@H](N(Cc2cccc(Cl)c2F)c2ccc(C#N)c(Cl)c2)C1. The van der Waals surface area contributed by atoms with Gasteiger partial charge in [0.05, 0.1) is 21.9 Å². The number of hydrogen-bond donors (Lipinski definition) is 0. The fourth-order valence-electron chi connectivity index (χ4n) is 3.32. The Morgan fingerprint density at radius 3 is 2.64 bits per heavy atom. The van der Waals surface area contributed by atoms with Gasteiger partial charge in [0.25, 0.3) is 0 Å². The molecular formula is C19H18Cl2FN3O2S. The topological polar surface area (TPSA) is 64.4 Å². The van der Waals surface area contributed by atoms with Gasteiger partial charge < -0.3 is 4.90 Å². The van der Waals surface area contributed by atoms with Gasteiger partial charge in [-0.15, -0.1) is 0 Å². The lowest BCUT2D eigenvalue weighted by Crippen LogP contribution is -2.38. The highest BCUT2D eigenvalue weighted by Gasteiger charge is 2.33. The Labute approximate surface area is 173 Å². The van der Waals surface area contributed by atoms with E-state index in [-0.39, 0.29) is 22.6 Å². The van der Waals surface area contributed by atoms with Gasteiger partial charge in [0.15, 0.2) is 0 Å². The Balaban J connectivity index is 1.98. The number of rotatable bonds is 5. The van der Waals surface area contributed by atoms with E-state index in [2.05, 4.69) is 0 Å². The standard InChI is InChI=1S/C19H18Cl2FN3O2S/c1-28(26,27)24-8-7-16(12-24)25(11-14-3-2-4-17(20)19(14)22)15-6-5-13(10-23)18(21)9-15/h2-6,9,16H,7-8,11-12H2,1H3/t16-/m0/s1. The summed E-state index contributed by atoms with van der Waals surface area (Å²) in [6, 6.07) is 11.6. The first kappa shape index (κ1) is 20.9. The van der Waals surface area contributed by atoms with Gasteiger partial charge in [-0.3, -0.25) is 0 Å². The number of anilines is 1. The van der Waals surface area contributed by atoms with Crippen LogP contribution in [0.2, 0.25) is 10.0 Å². The van der Waals surface area contributed by atoms with Gasteiger partial charge >= 0.3 is 0 Å². The molecule has 2 aromatic carbocycles. The van der Waals surface area contributed by atoms with Crippen molar-refractivity contribution in [3.8, 4) is 6.07 Å². The third-order valence-electron chi connectivity index (χ3n) is 4.81. The van der Waals surface area contributed by atoms with Crippen molar-refractivity contribution in [1.82, 2.24) is 4.31 Å². The summed E-state index contributed by atoms with van der Waals surface area (Å²) in [5.74, 6) is -0.508. The minimum Gasteiger partial charge on any atom is -0.363 e. The maximum absolute atomic E-state index is 14.5. The summed E-state index contributed by atoms with van der Waals surface area (Å²) in [6.07, 6.45) is 1.77. The summed E-state index contributed by atoms with van der Waals surface area (Å²) in [5, 5.41) is 9.41. The van der Waals surface area contributed by atoms with Crippen LogP contribution >= 0.6 is 23.2 Å². The molecule has 1 aliphatic heterocycles. The smallest absolute Gasteiger partial charge is 0.211 e. The van der Waals surface area contributed by atoms with E-state index in [9.17, 15) is 12.8 Å². The molecule has 1 heterocycles. The van der Waals surface area contributed by atoms with Gasteiger partial charge in [-0.2, -0.15) is 5.26 Å². The normalized spacial score (nSPS) is 17.5. The Kier molecular flexibility index (Phi) is 6.15. The number of nitrogens with zero attached hydrogens (tertiary/aromatic N) is 3. The van der Waals surface area contributed by atoms with E-state index in [4.69, 9.17) is 28.5 Å². The lowest BCUT2D eigenvalue weighted by atomic mass is 10.1. The molecule has 1 fully saturated rings. The van der Waals surface area contributed by atoms with Gasteiger partial charge in [0, 0.05) is 36.9 Å². The van der Waals surface area contributed by atoms with E-state index in [1.807, 2.05) is 11.0 Å². The van der Waals surface area contributed by atoms with Crippen LogP contribution in [-0.4, -0.2) is 38.1 Å². The van der Waals surface area contributed by atoms with Crippen molar-refractivity contribution in [3.63, 3.8) is 0 Å². The number of nitriles is 1. The molecule has 1 atom stereocenters. The second-order valence-electron chi connectivity index (χ2n) is 6.68. The number of benzene rings is 2. The highest BCUT2D eigenvalue weighted by Crippen LogP contribution is 2.31. The first-order valence-corrected chi connectivity index (χ1v) is 11.2. The lowest BCUT2D eigenvalue weighted by molar-refractivity contribution is 0.472. The Hall–Kier alpha value is -1.85. The molecule has 0 aliphatic carbocycles. The van der Waals surface area contributed by atoms with Crippen molar-refractivity contribution in [1.29, 1.82) is 5.26 Å². The van der Waals surface area contributed by atoms with E-state index < -0.39 is 15.8 Å². The Bertz CT molecular complexity index is 1040. The average molecular weight is 442 g/mol. The van der Waals surface area contributed by atoms with E-state index in [0.717, 1.165) is 0 Å². The number of halogens is 3. The number of sulfonamides is 1. The molecule has 0 saturated carbocycles. The zero-order chi connectivity index (χ0) is 20.5. The molecule has 0 amide bonds. The van der Waals surface area contributed by atoms with Crippen LogP contribution in [0.5, 0.6) is 0 Å². The third-order valence-corrected chi connectivity index (χ3v) is 6.69. The maximum Gasteiger partial charge on any atom is 0.211 e. The summed E-state index contributed by atoms with van der Waals surface area (Å²) in [4.78, 5) is 1.91. The van der Waals surface area contributed by atoms with Crippen LogP contribution in [0.15, 0.2) is 36.4 Å². The predicted molar refractivity (Wildman–Crippen MR) is 109 cm³/mol. The molecule has 28 heavy (non-hydrogen) atoms. The minimum absolute atomic E-state index is 0.0273. The monoisotopic (exact) mass is 441 g/mol. The zero-order valence-corrected chi connectivity index (χ0v) is 17.4. The highest BCUT2D eigenvalue weighted by molar-refractivity contribution is 7.88. The van der Waals surface area contributed by atoms with Gasteiger partial charge in [0.2, 0.25) is 10.0 Å². The minimum atomic E-state index is -3.32. The molecular weight excluding hydrogens is 424 g/mol. The molecule has 1 aliphatic rings. The summed E-state index contributed by atoms with van der Waals surface area (Å²) in [5.41, 5.74) is 1.41. The summed E-state index contributed by atoms with van der Waals surface area (Å²) in [7, 11) is -3.32. The predicted octanol–water partition coefficient (Wildman–Crippen LogP) is 4.04. The van der Waals surface area contributed by atoms with Crippen LogP contribution in [0.3, 0.4) is 0 Å². The van der Waals surface area contributed by atoms with Crippen LogP contribution in [0, 0.1) is 17.1 Å². The van der Waals surface area contributed by atoms with Crippen molar-refractivity contribution in [2.45, 2.75) is 19.0 Å². The fourth-order valence-corrected chi connectivity index (χ4v) is 4.62. The van der Waals surface area contributed by atoms with Crippen molar-refractivity contribution >= 4 is 38.9 Å². The van der Waals surface area contributed by atoms with Crippen molar-refractivity contribution in [2.24, 2.45) is 0 Å². The quantitative estimate of drug-likeness (QED) is 0.701.